The lowest BCUT2D eigenvalue weighted by atomic mass is 10.1. The van der Waals surface area contributed by atoms with Gasteiger partial charge in [0, 0.05) is 25.3 Å². The second kappa shape index (κ2) is 4.95. The first-order valence-corrected chi connectivity index (χ1v) is 6.43. The minimum atomic E-state index is -0.361. The van der Waals surface area contributed by atoms with Crippen LogP contribution in [0.2, 0.25) is 0 Å². The van der Waals surface area contributed by atoms with E-state index in [4.69, 9.17) is 11.0 Å². The number of benzene rings is 2. The molecule has 0 amide bonds. The SMILES string of the molecule is N#Cc1cc(F)cc(CN2Cc3ccc(N)cc3C2)c1. The molecular formula is C16H14FN3. The average molecular weight is 267 g/mol. The summed E-state index contributed by atoms with van der Waals surface area (Å²) >= 11 is 0. The molecule has 0 aliphatic carbocycles. The van der Waals surface area contributed by atoms with Crippen molar-refractivity contribution in [2.45, 2.75) is 19.6 Å². The molecule has 1 heterocycles. The summed E-state index contributed by atoms with van der Waals surface area (Å²) in [5.74, 6) is -0.361. The minimum absolute atomic E-state index is 0.361. The van der Waals surface area contributed by atoms with Gasteiger partial charge in [-0.15, -0.1) is 0 Å². The highest BCUT2D eigenvalue weighted by molar-refractivity contribution is 5.46. The number of anilines is 1. The first-order valence-electron chi connectivity index (χ1n) is 6.43. The number of nitriles is 1. The fraction of sp³-hybridized carbons (Fsp3) is 0.188. The van der Waals surface area contributed by atoms with Crippen molar-refractivity contribution in [3.05, 3.63) is 64.5 Å². The van der Waals surface area contributed by atoms with Crippen molar-refractivity contribution in [3.63, 3.8) is 0 Å². The summed E-state index contributed by atoms with van der Waals surface area (Å²) in [6.45, 7) is 2.26. The summed E-state index contributed by atoms with van der Waals surface area (Å²) in [6.07, 6.45) is 0. The summed E-state index contributed by atoms with van der Waals surface area (Å²) in [5.41, 5.74) is 10.2. The van der Waals surface area contributed by atoms with Crippen LogP contribution in [0.4, 0.5) is 10.1 Å². The number of halogens is 1. The molecule has 20 heavy (non-hydrogen) atoms. The van der Waals surface area contributed by atoms with Crippen molar-refractivity contribution < 1.29 is 4.39 Å². The largest absolute Gasteiger partial charge is 0.399 e. The van der Waals surface area contributed by atoms with Crippen LogP contribution in [0.5, 0.6) is 0 Å². The van der Waals surface area contributed by atoms with E-state index in [0.717, 1.165) is 24.3 Å². The third-order valence-corrected chi connectivity index (χ3v) is 3.51. The van der Waals surface area contributed by atoms with Gasteiger partial charge in [-0.2, -0.15) is 5.26 Å². The van der Waals surface area contributed by atoms with E-state index in [1.54, 1.807) is 6.07 Å². The Morgan fingerprint density at radius 3 is 2.75 bits per heavy atom. The lowest BCUT2D eigenvalue weighted by Crippen LogP contribution is -2.15. The van der Waals surface area contributed by atoms with Crippen LogP contribution in [0.15, 0.2) is 36.4 Å². The Kier molecular flexibility index (Phi) is 3.13. The zero-order valence-electron chi connectivity index (χ0n) is 10.9. The maximum absolute atomic E-state index is 13.4. The van der Waals surface area contributed by atoms with Gasteiger partial charge in [-0.25, -0.2) is 4.39 Å². The number of nitrogens with zero attached hydrogens (tertiary/aromatic N) is 2. The molecule has 0 spiro atoms. The smallest absolute Gasteiger partial charge is 0.124 e. The Balaban J connectivity index is 1.78. The summed E-state index contributed by atoms with van der Waals surface area (Å²) in [6, 6.07) is 12.4. The van der Waals surface area contributed by atoms with E-state index in [1.807, 2.05) is 24.3 Å². The molecular weight excluding hydrogens is 253 g/mol. The van der Waals surface area contributed by atoms with E-state index in [9.17, 15) is 4.39 Å². The number of nitrogen functional groups attached to an aromatic ring is 1. The van der Waals surface area contributed by atoms with Gasteiger partial charge >= 0.3 is 0 Å². The lowest BCUT2D eigenvalue weighted by molar-refractivity contribution is 0.275. The van der Waals surface area contributed by atoms with Crippen molar-refractivity contribution in [1.82, 2.24) is 4.90 Å². The third-order valence-electron chi connectivity index (χ3n) is 3.51. The molecule has 0 atom stereocenters. The summed E-state index contributed by atoms with van der Waals surface area (Å²) in [4.78, 5) is 2.21. The number of nitrogens with two attached hydrogens (primary N) is 1. The molecule has 0 aromatic heterocycles. The predicted octanol–water partition coefficient (Wildman–Crippen LogP) is 2.80. The first kappa shape index (κ1) is 12.6. The minimum Gasteiger partial charge on any atom is -0.399 e. The number of fused-ring (bicyclic) bond motifs is 1. The molecule has 0 radical (unpaired) electrons. The molecule has 100 valence electrons. The Morgan fingerprint density at radius 2 is 1.95 bits per heavy atom. The van der Waals surface area contributed by atoms with E-state index >= 15 is 0 Å². The van der Waals surface area contributed by atoms with Crippen LogP contribution < -0.4 is 5.73 Å². The van der Waals surface area contributed by atoms with Gasteiger partial charge in [0.15, 0.2) is 0 Å². The Hall–Kier alpha value is -2.38. The molecule has 0 unspecified atom stereocenters. The topological polar surface area (TPSA) is 53.0 Å². The molecule has 2 aromatic rings. The average Bonchev–Trinajstić information content (AvgIpc) is 2.79. The van der Waals surface area contributed by atoms with Gasteiger partial charge in [0.25, 0.3) is 0 Å². The van der Waals surface area contributed by atoms with Crippen molar-refractivity contribution in [2.75, 3.05) is 5.73 Å². The summed E-state index contributed by atoms with van der Waals surface area (Å²) < 4.78 is 13.4. The fourth-order valence-electron chi connectivity index (χ4n) is 2.66. The molecule has 0 saturated heterocycles. The number of rotatable bonds is 2. The Labute approximate surface area is 117 Å². The van der Waals surface area contributed by atoms with Crippen molar-refractivity contribution >= 4 is 5.69 Å². The molecule has 3 nitrogen and oxygen atoms in total. The molecule has 0 fully saturated rings. The van der Waals surface area contributed by atoms with Crippen LogP contribution in [-0.4, -0.2) is 4.90 Å². The monoisotopic (exact) mass is 267 g/mol. The maximum Gasteiger partial charge on any atom is 0.124 e. The van der Waals surface area contributed by atoms with E-state index in [1.165, 1.54) is 23.3 Å². The van der Waals surface area contributed by atoms with E-state index in [-0.39, 0.29) is 5.82 Å². The first-order chi connectivity index (χ1) is 9.64. The third kappa shape index (κ3) is 2.49. The standard InChI is InChI=1S/C16H14FN3/c17-15-4-11(7-18)3-12(5-15)8-20-9-13-1-2-16(19)6-14(13)10-20/h1-6H,8-10,19H2. The van der Waals surface area contributed by atoms with Gasteiger partial charge in [-0.3, -0.25) is 4.90 Å². The van der Waals surface area contributed by atoms with E-state index < -0.39 is 0 Å². The van der Waals surface area contributed by atoms with Crippen LogP contribution in [0.3, 0.4) is 0 Å². The number of hydrogen-bond donors (Lipinski definition) is 1. The van der Waals surface area contributed by atoms with Gasteiger partial charge in [0.05, 0.1) is 11.6 Å². The van der Waals surface area contributed by atoms with Gasteiger partial charge in [-0.1, -0.05) is 6.07 Å². The van der Waals surface area contributed by atoms with E-state index in [0.29, 0.717) is 12.1 Å². The van der Waals surface area contributed by atoms with Crippen LogP contribution in [0.25, 0.3) is 0 Å². The fourth-order valence-corrected chi connectivity index (χ4v) is 2.66. The normalized spacial score (nSPS) is 14.0. The number of hydrogen-bond acceptors (Lipinski definition) is 3. The molecule has 1 aliphatic heterocycles. The zero-order chi connectivity index (χ0) is 14.1. The Bertz CT molecular complexity index is 703. The molecule has 0 saturated carbocycles. The highest BCUT2D eigenvalue weighted by Crippen LogP contribution is 2.26. The second-order valence-electron chi connectivity index (χ2n) is 5.13. The molecule has 2 N–H and O–H groups in total. The van der Waals surface area contributed by atoms with Gasteiger partial charge in [0.2, 0.25) is 0 Å². The lowest BCUT2D eigenvalue weighted by Gasteiger charge is -2.15. The van der Waals surface area contributed by atoms with Crippen LogP contribution >= 0.6 is 0 Å². The van der Waals surface area contributed by atoms with Gasteiger partial charge in [0.1, 0.15) is 5.82 Å². The summed E-state index contributed by atoms with van der Waals surface area (Å²) in [5, 5.41) is 8.88. The molecule has 3 rings (SSSR count). The van der Waals surface area contributed by atoms with Gasteiger partial charge < -0.3 is 5.73 Å². The van der Waals surface area contributed by atoms with Gasteiger partial charge in [-0.05, 0) is 47.0 Å². The van der Waals surface area contributed by atoms with Crippen molar-refractivity contribution in [1.29, 1.82) is 5.26 Å². The van der Waals surface area contributed by atoms with Crippen molar-refractivity contribution in [3.8, 4) is 6.07 Å². The van der Waals surface area contributed by atoms with E-state index in [2.05, 4.69) is 4.90 Å². The van der Waals surface area contributed by atoms with Crippen LogP contribution in [0.1, 0.15) is 22.3 Å². The zero-order valence-corrected chi connectivity index (χ0v) is 10.9. The summed E-state index contributed by atoms with van der Waals surface area (Å²) in [7, 11) is 0. The molecule has 4 heteroatoms. The van der Waals surface area contributed by atoms with Crippen LogP contribution in [0, 0.1) is 17.1 Å². The molecule has 2 aromatic carbocycles. The highest BCUT2D eigenvalue weighted by atomic mass is 19.1. The van der Waals surface area contributed by atoms with Crippen molar-refractivity contribution in [2.24, 2.45) is 0 Å². The predicted molar refractivity (Wildman–Crippen MR) is 74.9 cm³/mol. The van der Waals surface area contributed by atoms with Crippen LogP contribution in [-0.2, 0) is 19.6 Å². The quantitative estimate of drug-likeness (QED) is 0.851. The maximum atomic E-state index is 13.4. The second-order valence-corrected chi connectivity index (χ2v) is 5.13. The Morgan fingerprint density at radius 1 is 1.15 bits per heavy atom. The molecule has 1 aliphatic rings. The highest BCUT2D eigenvalue weighted by Gasteiger charge is 2.19. The molecule has 0 bridgehead atoms.